The molecule has 0 amide bonds. The van der Waals surface area contributed by atoms with Gasteiger partial charge in [-0.3, -0.25) is 10.1 Å². The van der Waals surface area contributed by atoms with Crippen LogP contribution < -0.4 is 5.32 Å². The Morgan fingerprint density at radius 3 is 2.32 bits per heavy atom. The second-order valence-corrected chi connectivity index (χ2v) is 8.58. The van der Waals surface area contributed by atoms with E-state index in [1.807, 2.05) is 0 Å². The number of carbonyl (C=O) groups excluding carboxylic acids is 2. The van der Waals surface area contributed by atoms with Gasteiger partial charge in [0.2, 0.25) is 0 Å². The lowest BCUT2D eigenvalue weighted by Gasteiger charge is -2.30. The molecule has 0 aliphatic carbocycles. The highest BCUT2D eigenvalue weighted by Crippen LogP contribution is 2.40. The predicted octanol–water partition coefficient (Wildman–Crippen LogP) is 5.18. The van der Waals surface area contributed by atoms with Crippen molar-refractivity contribution in [2.45, 2.75) is 46.3 Å². The molecule has 178 valence electrons. The van der Waals surface area contributed by atoms with Crippen LogP contribution in [0.2, 0.25) is 5.02 Å². The number of nitrogens with zero attached hydrogens (tertiary/aromatic N) is 1. The lowest BCUT2D eigenvalue weighted by molar-refractivity contribution is -0.384. The maximum Gasteiger partial charge on any atom is 0.337 e. The molecule has 3 rings (SSSR count). The van der Waals surface area contributed by atoms with E-state index in [0.29, 0.717) is 27.5 Å². The zero-order valence-corrected chi connectivity index (χ0v) is 20.0. The van der Waals surface area contributed by atoms with Crippen molar-refractivity contribution in [1.82, 2.24) is 5.32 Å². The van der Waals surface area contributed by atoms with E-state index in [4.69, 9.17) is 21.1 Å². The molecule has 1 aliphatic rings. The molecule has 9 heteroatoms. The number of non-ortho nitro benzene ring substituents is 1. The van der Waals surface area contributed by atoms with Crippen LogP contribution in [0.1, 0.15) is 44.7 Å². The Morgan fingerprint density at radius 1 is 1.06 bits per heavy atom. The summed E-state index contributed by atoms with van der Waals surface area (Å²) in [4.78, 5) is 37.3. The average Bonchev–Trinajstić information content (AvgIpc) is 2.76. The first-order valence-corrected chi connectivity index (χ1v) is 11.0. The minimum atomic E-state index is -0.917. The van der Waals surface area contributed by atoms with Crippen molar-refractivity contribution in [2.75, 3.05) is 0 Å². The van der Waals surface area contributed by atoms with Gasteiger partial charge in [-0.1, -0.05) is 35.9 Å². The normalized spacial score (nSPS) is 15.8. The number of rotatable bonds is 7. The number of esters is 2. The van der Waals surface area contributed by atoms with Crippen LogP contribution in [0, 0.1) is 10.1 Å². The van der Waals surface area contributed by atoms with E-state index in [1.165, 1.54) is 18.2 Å². The minimum absolute atomic E-state index is 0.0354. The molecule has 0 radical (unpaired) electrons. The number of hydrogen-bond donors (Lipinski definition) is 1. The summed E-state index contributed by atoms with van der Waals surface area (Å²) in [5.74, 6) is -2.20. The van der Waals surface area contributed by atoms with Gasteiger partial charge in [-0.05, 0) is 51.0 Å². The summed E-state index contributed by atoms with van der Waals surface area (Å²) in [6.45, 7) is 6.78. The predicted molar refractivity (Wildman–Crippen MR) is 127 cm³/mol. The van der Waals surface area contributed by atoms with E-state index in [-0.39, 0.29) is 23.4 Å². The molecule has 1 aliphatic heterocycles. The standard InChI is InChI=1S/C25H25ClN2O6/c1-14(2)34-25(30)22-16(4)27-15(3)21(23(22)18-8-6-10-20(12-18)28(31)32)24(29)33-13-17-7-5-9-19(26)11-17/h5-12,14,23,27H,13H2,1-4H3. The Balaban J connectivity index is 2.05. The van der Waals surface area contributed by atoms with Gasteiger partial charge in [0.05, 0.1) is 28.1 Å². The van der Waals surface area contributed by atoms with Crippen LogP contribution in [0.25, 0.3) is 0 Å². The van der Waals surface area contributed by atoms with E-state index < -0.39 is 28.9 Å². The quantitative estimate of drug-likeness (QED) is 0.327. The fraction of sp³-hybridized carbons (Fsp3) is 0.280. The van der Waals surface area contributed by atoms with Gasteiger partial charge in [0, 0.05) is 28.5 Å². The van der Waals surface area contributed by atoms with Crippen molar-refractivity contribution < 1.29 is 24.0 Å². The molecule has 1 atom stereocenters. The van der Waals surface area contributed by atoms with Crippen molar-refractivity contribution in [3.8, 4) is 0 Å². The van der Waals surface area contributed by atoms with E-state index >= 15 is 0 Å². The molecule has 0 spiro atoms. The monoisotopic (exact) mass is 484 g/mol. The number of nitro groups is 1. The SMILES string of the molecule is CC1=C(C(=O)OCc2cccc(Cl)c2)C(c2cccc([N+](=O)[O-])c2)C(C(=O)OC(C)C)=C(C)N1. The number of hydrogen-bond acceptors (Lipinski definition) is 7. The zero-order chi connectivity index (χ0) is 25.0. The molecule has 1 heterocycles. The summed E-state index contributed by atoms with van der Waals surface area (Å²) in [6.07, 6.45) is -0.399. The number of nitrogens with one attached hydrogen (secondary N) is 1. The first kappa shape index (κ1) is 25.0. The van der Waals surface area contributed by atoms with Crippen LogP contribution in [0.3, 0.4) is 0 Å². The molecule has 1 unspecified atom stereocenters. The van der Waals surface area contributed by atoms with Gasteiger partial charge in [-0.25, -0.2) is 9.59 Å². The van der Waals surface area contributed by atoms with Gasteiger partial charge in [0.15, 0.2) is 0 Å². The number of carbonyl (C=O) groups is 2. The molecule has 8 nitrogen and oxygen atoms in total. The summed E-state index contributed by atoms with van der Waals surface area (Å²) in [7, 11) is 0. The lowest BCUT2D eigenvalue weighted by atomic mass is 9.80. The number of ether oxygens (including phenoxy) is 2. The van der Waals surface area contributed by atoms with Crippen LogP contribution in [-0.2, 0) is 25.7 Å². The first-order chi connectivity index (χ1) is 16.1. The van der Waals surface area contributed by atoms with Crippen LogP contribution >= 0.6 is 11.6 Å². The highest BCUT2D eigenvalue weighted by atomic mass is 35.5. The Bertz CT molecular complexity index is 1200. The van der Waals surface area contributed by atoms with Crippen LogP contribution in [-0.4, -0.2) is 23.0 Å². The summed E-state index contributed by atoms with van der Waals surface area (Å²) < 4.78 is 11.0. The topological polar surface area (TPSA) is 108 Å². The maximum absolute atomic E-state index is 13.3. The summed E-state index contributed by atoms with van der Waals surface area (Å²) in [5.41, 5.74) is 2.27. The zero-order valence-electron chi connectivity index (χ0n) is 19.3. The molecular weight excluding hydrogens is 460 g/mol. The lowest BCUT2D eigenvalue weighted by Crippen LogP contribution is -2.33. The van der Waals surface area contributed by atoms with Gasteiger partial charge in [-0.15, -0.1) is 0 Å². The number of allylic oxidation sites excluding steroid dienone is 2. The molecule has 0 saturated carbocycles. The van der Waals surface area contributed by atoms with Crippen molar-refractivity contribution in [3.63, 3.8) is 0 Å². The smallest absolute Gasteiger partial charge is 0.337 e. The third-order valence-electron chi connectivity index (χ3n) is 5.22. The molecule has 0 saturated heterocycles. The summed E-state index contributed by atoms with van der Waals surface area (Å²) in [6, 6.07) is 12.8. The number of benzene rings is 2. The van der Waals surface area contributed by atoms with Gasteiger partial charge in [0.25, 0.3) is 5.69 Å². The van der Waals surface area contributed by atoms with Gasteiger partial charge in [0.1, 0.15) is 6.61 Å². The first-order valence-electron chi connectivity index (χ1n) is 10.6. The van der Waals surface area contributed by atoms with E-state index in [1.54, 1.807) is 58.0 Å². The minimum Gasteiger partial charge on any atom is -0.460 e. The number of halogens is 1. The van der Waals surface area contributed by atoms with E-state index in [0.717, 1.165) is 0 Å². The van der Waals surface area contributed by atoms with Gasteiger partial charge >= 0.3 is 11.9 Å². The fourth-order valence-electron chi connectivity index (χ4n) is 3.82. The largest absolute Gasteiger partial charge is 0.460 e. The fourth-order valence-corrected chi connectivity index (χ4v) is 4.03. The van der Waals surface area contributed by atoms with Crippen LogP contribution in [0.5, 0.6) is 0 Å². The van der Waals surface area contributed by atoms with Gasteiger partial charge < -0.3 is 14.8 Å². The van der Waals surface area contributed by atoms with Crippen molar-refractivity contribution >= 4 is 29.2 Å². The second-order valence-electron chi connectivity index (χ2n) is 8.15. The molecule has 0 fully saturated rings. The molecule has 0 aromatic heterocycles. The van der Waals surface area contributed by atoms with E-state index in [9.17, 15) is 19.7 Å². The van der Waals surface area contributed by atoms with Gasteiger partial charge in [-0.2, -0.15) is 0 Å². The molecule has 34 heavy (non-hydrogen) atoms. The summed E-state index contributed by atoms with van der Waals surface area (Å²) in [5, 5.41) is 15.0. The van der Waals surface area contributed by atoms with Crippen molar-refractivity contribution in [2.24, 2.45) is 0 Å². The highest BCUT2D eigenvalue weighted by molar-refractivity contribution is 6.30. The maximum atomic E-state index is 13.3. The Morgan fingerprint density at radius 2 is 1.71 bits per heavy atom. The number of dihydropyridines is 1. The number of nitro benzene ring substituents is 1. The Kier molecular flexibility index (Phi) is 7.73. The molecule has 1 N–H and O–H groups in total. The highest BCUT2D eigenvalue weighted by Gasteiger charge is 2.38. The second kappa shape index (κ2) is 10.5. The molecular formula is C25H25ClN2O6. The average molecular weight is 485 g/mol. The van der Waals surface area contributed by atoms with Crippen LogP contribution in [0.4, 0.5) is 5.69 Å². The molecule has 0 bridgehead atoms. The van der Waals surface area contributed by atoms with Crippen molar-refractivity contribution in [1.29, 1.82) is 0 Å². The summed E-state index contributed by atoms with van der Waals surface area (Å²) >= 11 is 6.01. The Labute approximate surface area is 202 Å². The van der Waals surface area contributed by atoms with E-state index in [2.05, 4.69) is 5.32 Å². The molecule has 2 aromatic rings. The third-order valence-corrected chi connectivity index (χ3v) is 5.45. The Hall–Kier alpha value is -3.65. The van der Waals surface area contributed by atoms with Crippen molar-refractivity contribution in [3.05, 3.63) is 97.3 Å². The van der Waals surface area contributed by atoms with Crippen LogP contribution in [0.15, 0.2) is 71.1 Å². The molecule has 2 aromatic carbocycles. The third kappa shape index (κ3) is 5.63.